The highest BCUT2D eigenvalue weighted by Crippen LogP contribution is 2.25. The Kier molecular flexibility index (Phi) is 5.68. The summed E-state index contributed by atoms with van der Waals surface area (Å²) in [5.41, 5.74) is 0. The first-order valence-corrected chi connectivity index (χ1v) is 8.03. The van der Waals surface area contributed by atoms with Crippen LogP contribution >= 0.6 is 0 Å². The van der Waals surface area contributed by atoms with Crippen LogP contribution in [0.3, 0.4) is 0 Å². The van der Waals surface area contributed by atoms with Gasteiger partial charge in [0.25, 0.3) is 5.91 Å². The van der Waals surface area contributed by atoms with Crippen LogP contribution in [0, 0.1) is 5.82 Å². The van der Waals surface area contributed by atoms with Crippen LogP contribution in [0.5, 0.6) is 5.75 Å². The van der Waals surface area contributed by atoms with Gasteiger partial charge in [-0.05, 0) is 39.0 Å². The summed E-state index contributed by atoms with van der Waals surface area (Å²) < 4.78 is 41.4. The van der Waals surface area contributed by atoms with Crippen molar-refractivity contribution in [3.8, 4) is 5.75 Å². The van der Waals surface area contributed by atoms with Crippen LogP contribution in [0.1, 0.15) is 20.8 Å². The van der Waals surface area contributed by atoms with E-state index in [1.807, 2.05) is 13.8 Å². The second-order valence-corrected chi connectivity index (χ2v) is 5.94. The lowest BCUT2D eigenvalue weighted by atomic mass is 10.3. The Labute approximate surface area is 123 Å². The number of rotatable bonds is 6. The molecule has 0 heterocycles. The smallest absolute Gasteiger partial charge is 0.263 e. The van der Waals surface area contributed by atoms with Gasteiger partial charge >= 0.3 is 0 Å². The Morgan fingerprint density at radius 3 is 2.43 bits per heavy atom. The largest absolute Gasteiger partial charge is 0.479 e. The van der Waals surface area contributed by atoms with Crippen molar-refractivity contribution in [1.29, 1.82) is 0 Å². The Hall–Kier alpha value is -1.67. The molecule has 0 radical (unpaired) electrons. The number of hydrogen-bond donors (Lipinski definition) is 1. The van der Waals surface area contributed by atoms with Crippen LogP contribution in [-0.2, 0) is 14.8 Å². The van der Waals surface area contributed by atoms with Crippen LogP contribution in [-0.4, -0.2) is 38.4 Å². The lowest BCUT2D eigenvalue weighted by Crippen LogP contribution is -2.40. The summed E-state index contributed by atoms with van der Waals surface area (Å²) in [5, 5.41) is 5.02. The molecule has 118 valence electrons. The number of primary sulfonamides is 1. The number of hydrogen-bond acceptors (Lipinski definition) is 4. The molecule has 0 aliphatic heterocycles. The number of halogens is 1. The summed E-state index contributed by atoms with van der Waals surface area (Å²) in [4.78, 5) is 13.1. The number of benzene rings is 1. The Morgan fingerprint density at radius 1 is 1.38 bits per heavy atom. The van der Waals surface area contributed by atoms with Crippen LogP contribution in [0.25, 0.3) is 0 Å². The Morgan fingerprint density at radius 2 is 1.95 bits per heavy atom. The number of nitrogens with two attached hydrogens (primary N) is 1. The van der Waals surface area contributed by atoms with E-state index in [1.165, 1.54) is 6.92 Å². The fourth-order valence-corrected chi connectivity index (χ4v) is 2.51. The van der Waals surface area contributed by atoms with Crippen LogP contribution in [0.2, 0.25) is 0 Å². The normalized spacial score (nSPS) is 12.8. The number of carbonyl (C=O) groups excluding carboxylic acids is 1. The van der Waals surface area contributed by atoms with Gasteiger partial charge in [-0.2, -0.15) is 0 Å². The molecule has 0 aliphatic rings. The number of carbonyl (C=O) groups is 1. The molecule has 0 aliphatic carbocycles. The van der Waals surface area contributed by atoms with E-state index < -0.39 is 26.8 Å². The molecule has 0 fully saturated rings. The minimum Gasteiger partial charge on any atom is -0.479 e. The number of sulfonamides is 1. The molecule has 0 aromatic heterocycles. The lowest BCUT2D eigenvalue weighted by Gasteiger charge is -2.24. The molecule has 1 rings (SSSR count). The van der Waals surface area contributed by atoms with Gasteiger partial charge in [-0.15, -0.1) is 0 Å². The van der Waals surface area contributed by atoms with E-state index in [9.17, 15) is 17.6 Å². The summed E-state index contributed by atoms with van der Waals surface area (Å²) in [6, 6.07) is 2.94. The van der Waals surface area contributed by atoms with Gasteiger partial charge in [0.1, 0.15) is 16.5 Å². The van der Waals surface area contributed by atoms with E-state index in [-0.39, 0.29) is 11.7 Å². The van der Waals surface area contributed by atoms with Gasteiger partial charge in [0.2, 0.25) is 10.0 Å². The van der Waals surface area contributed by atoms with E-state index in [1.54, 1.807) is 4.90 Å². The third-order valence-corrected chi connectivity index (χ3v) is 3.87. The van der Waals surface area contributed by atoms with Crippen molar-refractivity contribution in [1.82, 2.24) is 4.90 Å². The second-order valence-electron chi connectivity index (χ2n) is 4.41. The average Bonchev–Trinajstić information content (AvgIpc) is 2.40. The van der Waals surface area contributed by atoms with Gasteiger partial charge in [-0.1, -0.05) is 0 Å². The zero-order valence-electron chi connectivity index (χ0n) is 12.2. The first-order valence-electron chi connectivity index (χ1n) is 6.48. The maximum Gasteiger partial charge on any atom is 0.263 e. The van der Waals surface area contributed by atoms with Gasteiger partial charge in [0.15, 0.2) is 6.10 Å². The zero-order valence-corrected chi connectivity index (χ0v) is 13.0. The minimum absolute atomic E-state index is 0.146. The number of ether oxygens (including phenoxy) is 1. The fraction of sp³-hybridized carbons (Fsp3) is 0.462. The molecule has 0 spiro atoms. The molecule has 6 nitrogen and oxygen atoms in total. The molecular weight excluding hydrogens is 299 g/mol. The van der Waals surface area contributed by atoms with Gasteiger partial charge in [0, 0.05) is 13.1 Å². The van der Waals surface area contributed by atoms with Crippen molar-refractivity contribution in [3.05, 3.63) is 24.0 Å². The maximum absolute atomic E-state index is 13.2. The monoisotopic (exact) mass is 318 g/mol. The highest BCUT2D eigenvalue weighted by atomic mass is 32.2. The molecule has 1 atom stereocenters. The molecule has 1 unspecified atom stereocenters. The SMILES string of the molecule is CCN(CC)C(=O)C(C)Oc1ccc(F)cc1S(N)(=O)=O. The molecule has 1 aromatic rings. The number of nitrogens with zero attached hydrogens (tertiary/aromatic N) is 1. The van der Waals surface area contributed by atoms with E-state index in [4.69, 9.17) is 9.88 Å². The van der Waals surface area contributed by atoms with Crippen molar-refractivity contribution in [3.63, 3.8) is 0 Å². The summed E-state index contributed by atoms with van der Waals surface area (Å²) in [6.45, 7) is 6.16. The third kappa shape index (κ3) is 4.40. The lowest BCUT2D eigenvalue weighted by molar-refractivity contribution is -0.137. The Bertz CT molecular complexity index is 615. The number of amides is 1. The molecule has 0 saturated heterocycles. The van der Waals surface area contributed by atoms with Gasteiger partial charge in [-0.3, -0.25) is 4.79 Å². The highest BCUT2D eigenvalue weighted by Gasteiger charge is 2.23. The fourth-order valence-electron chi connectivity index (χ4n) is 1.83. The Balaban J connectivity index is 3.06. The molecule has 1 amide bonds. The molecule has 0 saturated carbocycles. The molecule has 8 heteroatoms. The molecular formula is C13H19FN2O4S. The molecule has 1 aromatic carbocycles. The van der Waals surface area contributed by atoms with Crippen molar-refractivity contribution >= 4 is 15.9 Å². The predicted molar refractivity (Wildman–Crippen MR) is 75.8 cm³/mol. The van der Waals surface area contributed by atoms with Crippen LogP contribution in [0.4, 0.5) is 4.39 Å². The van der Waals surface area contributed by atoms with Crippen molar-refractivity contribution in [2.75, 3.05) is 13.1 Å². The molecule has 2 N–H and O–H groups in total. The molecule has 0 bridgehead atoms. The first kappa shape index (κ1) is 17.4. The summed E-state index contributed by atoms with van der Waals surface area (Å²) in [6.07, 6.45) is -0.907. The van der Waals surface area contributed by atoms with Crippen molar-refractivity contribution in [2.24, 2.45) is 5.14 Å². The number of likely N-dealkylation sites (N-methyl/N-ethyl adjacent to an activating group) is 1. The third-order valence-electron chi connectivity index (χ3n) is 2.94. The molecule has 21 heavy (non-hydrogen) atoms. The van der Waals surface area contributed by atoms with E-state index in [0.29, 0.717) is 13.1 Å². The van der Waals surface area contributed by atoms with Crippen LogP contribution < -0.4 is 9.88 Å². The van der Waals surface area contributed by atoms with Crippen molar-refractivity contribution in [2.45, 2.75) is 31.8 Å². The van der Waals surface area contributed by atoms with Gasteiger partial charge < -0.3 is 9.64 Å². The van der Waals surface area contributed by atoms with Gasteiger partial charge in [-0.25, -0.2) is 17.9 Å². The van der Waals surface area contributed by atoms with E-state index >= 15 is 0 Å². The first-order chi connectivity index (χ1) is 9.70. The van der Waals surface area contributed by atoms with E-state index in [0.717, 1.165) is 18.2 Å². The summed E-state index contributed by atoms with van der Waals surface area (Å²) in [5.74, 6) is -1.19. The zero-order chi connectivity index (χ0) is 16.2. The van der Waals surface area contributed by atoms with Crippen molar-refractivity contribution < 1.29 is 22.3 Å². The standard InChI is InChI=1S/C13H19FN2O4S/c1-4-16(5-2)13(17)9(3)20-11-7-6-10(14)8-12(11)21(15,18)19/h6-9H,4-5H2,1-3H3,(H2,15,18,19). The quantitative estimate of drug-likeness (QED) is 0.851. The minimum atomic E-state index is -4.15. The maximum atomic E-state index is 13.2. The van der Waals surface area contributed by atoms with Gasteiger partial charge in [0.05, 0.1) is 0 Å². The van der Waals surface area contributed by atoms with E-state index in [2.05, 4.69) is 0 Å². The topological polar surface area (TPSA) is 89.7 Å². The predicted octanol–water partition coefficient (Wildman–Crippen LogP) is 1.11. The second kappa shape index (κ2) is 6.86. The highest BCUT2D eigenvalue weighted by molar-refractivity contribution is 7.89. The summed E-state index contributed by atoms with van der Waals surface area (Å²) >= 11 is 0. The summed E-state index contributed by atoms with van der Waals surface area (Å²) in [7, 11) is -4.15. The average molecular weight is 318 g/mol. The van der Waals surface area contributed by atoms with Crippen LogP contribution in [0.15, 0.2) is 23.1 Å².